The number of benzene rings is 1. The van der Waals surface area contributed by atoms with Crippen LogP contribution in [0.3, 0.4) is 0 Å². The number of aromatic nitrogens is 3. The van der Waals surface area contributed by atoms with Crippen molar-refractivity contribution in [2.75, 3.05) is 0 Å². The predicted molar refractivity (Wildman–Crippen MR) is 105 cm³/mol. The molecule has 1 aliphatic carbocycles. The molecular weight excluding hydrogens is 338 g/mol. The normalized spacial score (nSPS) is 14.2. The average molecular weight is 357 g/mol. The summed E-state index contributed by atoms with van der Waals surface area (Å²) in [5, 5.41) is 0. The molecule has 2 aromatic heterocycles. The monoisotopic (exact) mass is 357 g/mol. The first-order valence-corrected chi connectivity index (χ1v) is 8.94. The Labute approximate surface area is 156 Å². The number of hydrogen-bond acceptors (Lipinski definition) is 4. The van der Waals surface area contributed by atoms with Crippen molar-refractivity contribution in [2.24, 2.45) is 0 Å². The molecule has 27 heavy (non-hydrogen) atoms. The van der Waals surface area contributed by atoms with Gasteiger partial charge in [-0.1, -0.05) is 12.1 Å². The number of hydrogen-bond donors (Lipinski definition) is 1. The number of nitrogens with zero attached hydrogens (tertiary/aromatic N) is 2. The molecule has 5 nitrogen and oxygen atoms in total. The number of rotatable bonds is 5. The minimum Gasteiger partial charge on any atom is -0.338 e. The van der Waals surface area contributed by atoms with Crippen molar-refractivity contribution in [1.29, 1.82) is 0 Å². The van der Waals surface area contributed by atoms with Gasteiger partial charge in [0.05, 0.1) is 16.6 Å². The second-order valence-electron chi connectivity index (χ2n) is 6.72. The Morgan fingerprint density at radius 3 is 2.78 bits per heavy atom. The molecule has 0 spiro atoms. The van der Waals surface area contributed by atoms with E-state index in [0.717, 1.165) is 27.7 Å². The third kappa shape index (κ3) is 3.62. The van der Waals surface area contributed by atoms with Crippen LogP contribution in [0.4, 0.5) is 0 Å². The van der Waals surface area contributed by atoms with E-state index in [4.69, 9.17) is 0 Å². The number of nitrogens with one attached hydrogen (secondary N) is 1. The maximum absolute atomic E-state index is 12.5. The summed E-state index contributed by atoms with van der Waals surface area (Å²) in [5.74, 6) is 0.802. The predicted octanol–water partition coefficient (Wildman–Crippen LogP) is 3.92. The second-order valence-corrected chi connectivity index (χ2v) is 6.72. The van der Waals surface area contributed by atoms with E-state index in [1.807, 2.05) is 42.5 Å². The standard InChI is InChI=1S/C22H19N3O2/c1-14(26)2-3-15-4-6-19-20(12-15)25-22(24-19)18-13-17(5-7-21(18)27)16-8-10-23-11-9-16/h4-6,8-13H,2-3,7H2,1H3,(H,24,25). The van der Waals surface area contributed by atoms with Gasteiger partial charge in [-0.15, -0.1) is 0 Å². The van der Waals surface area contributed by atoms with Gasteiger partial charge in [-0.05, 0) is 60.4 Å². The number of pyridine rings is 1. The summed E-state index contributed by atoms with van der Waals surface area (Å²) in [4.78, 5) is 35.6. The highest BCUT2D eigenvalue weighted by molar-refractivity contribution is 6.24. The van der Waals surface area contributed by atoms with Crippen molar-refractivity contribution < 1.29 is 9.59 Å². The van der Waals surface area contributed by atoms with Gasteiger partial charge in [0, 0.05) is 25.2 Å². The Balaban J connectivity index is 1.68. The van der Waals surface area contributed by atoms with Gasteiger partial charge in [0.1, 0.15) is 11.6 Å². The molecule has 0 radical (unpaired) electrons. The van der Waals surface area contributed by atoms with Gasteiger partial charge >= 0.3 is 0 Å². The first kappa shape index (κ1) is 17.1. The number of carbonyl (C=O) groups excluding carboxylic acids is 2. The average Bonchev–Trinajstić information content (AvgIpc) is 3.10. The van der Waals surface area contributed by atoms with Crippen LogP contribution in [0, 0.1) is 0 Å². The molecule has 5 heteroatoms. The lowest BCUT2D eigenvalue weighted by Gasteiger charge is -2.11. The summed E-state index contributed by atoms with van der Waals surface area (Å²) in [6.45, 7) is 1.60. The van der Waals surface area contributed by atoms with Gasteiger partial charge < -0.3 is 9.78 Å². The van der Waals surface area contributed by atoms with Gasteiger partial charge in [-0.25, -0.2) is 4.98 Å². The van der Waals surface area contributed by atoms with E-state index >= 15 is 0 Å². The Morgan fingerprint density at radius 2 is 2.00 bits per heavy atom. The van der Waals surface area contributed by atoms with Gasteiger partial charge in [0.15, 0.2) is 5.78 Å². The number of ketones is 2. The van der Waals surface area contributed by atoms with Crippen molar-refractivity contribution in [1.82, 2.24) is 15.0 Å². The second kappa shape index (κ2) is 7.11. The third-order valence-electron chi connectivity index (χ3n) is 4.69. The molecule has 4 rings (SSSR count). The molecule has 0 bridgehead atoms. The van der Waals surface area contributed by atoms with Gasteiger partial charge in [-0.3, -0.25) is 9.78 Å². The van der Waals surface area contributed by atoms with E-state index < -0.39 is 0 Å². The van der Waals surface area contributed by atoms with Gasteiger partial charge in [-0.2, -0.15) is 0 Å². The fraction of sp³-hybridized carbons (Fsp3) is 0.182. The molecule has 0 aliphatic heterocycles. The van der Waals surface area contributed by atoms with Crippen molar-refractivity contribution >= 4 is 33.7 Å². The number of aromatic amines is 1. The van der Waals surface area contributed by atoms with E-state index in [9.17, 15) is 9.59 Å². The Bertz CT molecular complexity index is 1090. The number of fused-ring (bicyclic) bond motifs is 1. The molecule has 0 atom stereocenters. The summed E-state index contributed by atoms with van der Waals surface area (Å²) in [7, 11) is 0. The summed E-state index contributed by atoms with van der Waals surface area (Å²) in [5.41, 5.74) is 5.37. The fourth-order valence-electron chi connectivity index (χ4n) is 3.21. The zero-order chi connectivity index (χ0) is 18.8. The van der Waals surface area contributed by atoms with E-state index in [1.165, 1.54) is 0 Å². The topological polar surface area (TPSA) is 75.7 Å². The maximum Gasteiger partial charge on any atom is 0.170 e. The molecule has 0 saturated heterocycles. The molecule has 0 amide bonds. The van der Waals surface area contributed by atoms with Crippen LogP contribution in [-0.4, -0.2) is 26.5 Å². The zero-order valence-electron chi connectivity index (χ0n) is 15.0. The molecule has 3 aromatic rings. The molecule has 1 aromatic carbocycles. The lowest BCUT2D eigenvalue weighted by Crippen LogP contribution is -2.06. The lowest BCUT2D eigenvalue weighted by atomic mass is 9.94. The third-order valence-corrected chi connectivity index (χ3v) is 4.69. The minimum atomic E-state index is 0.0451. The molecular formula is C22H19N3O2. The number of carbonyl (C=O) groups is 2. The Kier molecular flexibility index (Phi) is 4.50. The fourth-order valence-corrected chi connectivity index (χ4v) is 3.21. The molecule has 134 valence electrons. The van der Waals surface area contributed by atoms with Crippen molar-refractivity contribution in [2.45, 2.75) is 26.2 Å². The molecule has 0 saturated carbocycles. The highest BCUT2D eigenvalue weighted by atomic mass is 16.1. The van der Waals surface area contributed by atoms with Crippen LogP contribution in [0.1, 0.15) is 36.7 Å². The number of allylic oxidation sites excluding steroid dienone is 4. The number of Topliss-reactive ketones (excluding diaryl/α,β-unsaturated/α-hetero) is 2. The van der Waals surface area contributed by atoms with Crippen LogP contribution < -0.4 is 0 Å². The van der Waals surface area contributed by atoms with Crippen LogP contribution in [0.25, 0.3) is 22.2 Å². The van der Waals surface area contributed by atoms with Crippen molar-refractivity contribution in [3.8, 4) is 0 Å². The Hall–Kier alpha value is -3.34. The molecule has 1 N–H and O–H groups in total. The van der Waals surface area contributed by atoms with Gasteiger partial charge in [0.2, 0.25) is 0 Å². The van der Waals surface area contributed by atoms with E-state index in [0.29, 0.717) is 30.7 Å². The SMILES string of the molecule is CC(=O)CCc1ccc2nc(C3=CC(c4ccncc4)=CCC3=O)[nH]c2c1. The van der Waals surface area contributed by atoms with Crippen LogP contribution in [-0.2, 0) is 16.0 Å². The highest BCUT2D eigenvalue weighted by Gasteiger charge is 2.20. The summed E-state index contributed by atoms with van der Waals surface area (Å²) in [6, 6.07) is 9.77. The van der Waals surface area contributed by atoms with Crippen molar-refractivity contribution in [3.05, 3.63) is 71.8 Å². The molecule has 0 unspecified atom stereocenters. The van der Waals surface area contributed by atoms with Crippen LogP contribution >= 0.6 is 0 Å². The zero-order valence-corrected chi connectivity index (χ0v) is 15.0. The summed E-state index contributed by atoms with van der Waals surface area (Å²) >= 11 is 0. The summed E-state index contributed by atoms with van der Waals surface area (Å²) in [6.07, 6.45) is 8.88. The van der Waals surface area contributed by atoms with E-state index in [2.05, 4.69) is 15.0 Å². The van der Waals surface area contributed by atoms with E-state index in [1.54, 1.807) is 19.3 Å². The molecule has 2 heterocycles. The van der Waals surface area contributed by atoms with Gasteiger partial charge in [0.25, 0.3) is 0 Å². The highest BCUT2D eigenvalue weighted by Crippen LogP contribution is 2.29. The van der Waals surface area contributed by atoms with Crippen molar-refractivity contribution in [3.63, 3.8) is 0 Å². The summed E-state index contributed by atoms with van der Waals surface area (Å²) < 4.78 is 0. The number of H-pyrrole nitrogens is 1. The first-order valence-electron chi connectivity index (χ1n) is 8.94. The van der Waals surface area contributed by atoms with Crippen LogP contribution in [0.15, 0.2) is 54.9 Å². The first-order chi connectivity index (χ1) is 13.1. The minimum absolute atomic E-state index is 0.0451. The van der Waals surface area contributed by atoms with Crippen LogP contribution in [0.2, 0.25) is 0 Å². The quantitative estimate of drug-likeness (QED) is 0.751. The molecule has 1 aliphatic rings. The van der Waals surface area contributed by atoms with Crippen LogP contribution in [0.5, 0.6) is 0 Å². The largest absolute Gasteiger partial charge is 0.338 e. The number of imidazole rings is 1. The molecule has 0 fully saturated rings. The lowest BCUT2D eigenvalue weighted by molar-refractivity contribution is -0.117. The van der Waals surface area contributed by atoms with E-state index in [-0.39, 0.29) is 11.6 Å². The smallest absolute Gasteiger partial charge is 0.170 e. The Morgan fingerprint density at radius 1 is 1.19 bits per heavy atom. The maximum atomic E-state index is 12.5. The number of aryl methyl sites for hydroxylation is 1.